The average molecular weight is 242 g/mol. The van der Waals surface area contributed by atoms with Gasteiger partial charge >= 0.3 is 0 Å². The van der Waals surface area contributed by atoms with Crippen LogP contribution in [0.15, 0.2) is 0 Å². The van der Waals surface area contributed by atoms with Crippen molar-refractivity contribution in [2.75, 3.05) is 26.8 Å². The first-order valence-electron chi connectivity index (χ1n) is 7.08. The first-order chi connectivity index (χ1) is 8.13. The molecule has 0 amide bonds. The summed E-state index contributed by atoms with van der Waals surface area (Å²) in [5, 5.41) is 0. The van der Waals surface area contributed by atoms with Crippen LogP contribution < -0.4 is 5.73 Å². The van der Waals surface area contributed by atoms with Crippen LogP contribution in [0.5, 0.6) is 0 Å². The van der Waals surface area contributed by atoms with Crippen molar-refractivity contribution in [3.8, 4) is 0 Å². The lowest BCUT2D eigenvalue weighted by Gasteiger charge is -2.44. The first kappa shape index (κ1) is 14.9. The second kappa shape index (κ2) is 7.34. The Hall–Kier alpha value is -0.120. The van der Waals surface area contributed by atoms with Crippen LogP contribution in [-0.4, -0.2) is 43.8 Å². The number of nitrogens with two attached hydrogens (primary N) is 1. The van der Waals surface area contributed by atoms with Crippen molar-refractivity contribution in [2.24, 2.45) is 17.6 Å². The van der Waals surface area contributed by atoms with Crippen molar-refractivity contribution in [1.82, 2.24) is 4.90 Å². The zero-order valence-corrected chi connectivity index (χ0v) is 12.0. The quantitative estimate of drug-likeness (QED) is 0.775. The first-order valence-corrected chi connectivity index (χ1v) is 7.08. The molecule has 0 aliphatic heterocycles. The fraction of sp³-hybridized carbons (Fsp3) is 1.00. The van der Waals surface area contributed by atoms with Gasteiger partial charge in [-0.25, -0.2) is 0 Å². The van der Waals surface area contributed by atoms with E-state index >= 15 is 0 Å². The molecular formula is C14H30N2O. The second-order valence-corrected chi connectivity index (χ2v) is 5.62. The maximum atomic E-state index is 5.95. The fourth-order valence-corrected chi connectivity index (χ4v) is 3.30. The van der Waals surface area contributed by atoms with Gasteiger partial charge in [0, 0.05) is 19.2 Å². The highest BCUT2D eigenvalue weighted by molar-refractivity contribution is 4.88. The van der Waals surface area contributed by atoms with Crippen molar-refractivity contribution >= 4 is 0 Å². The summed E-state index contributed by atoms with van der Waals surface area (Å²) >= 11 is 0. The van der Waals surface area contributed by atoms with E-state index in [0.717, 1.165) is 25.6 Å². The number of likely N-dealkylation sites (N-methyl/N-ethyl adjacent to an activating group) is 1. The molecule has 3 heteroatoms. The predicted molar refractivity (Wildman–Crippen MR) is 73.1 cm³/mol. The molecule has 0 radical (unpaired) electrons. The minimum Gasteiger partial charge on any atom is -0.383 e. The van der Waals surface area contributed by atoms with Crippen LogP contribution in [0.2, 0.25) is 0 Å². The zero-order valence-electron chi connectivity index (χ0n) is 12.0. The minimum atomic E-state index is 0.495. The van der Waals surface area contributed by atoms with Crippen LogP contribution in [0, 0.1) is 11.8 Å². The molecule has 4 unspecified atom stereocenters. The monoisotopic (exact) mass is 242 g/mol. The van der Waals surface area contributed by atoms with Gasteiger partial charge in [0.2, 0.25) is 0 Å². The van der Waals surface area contributed by atoms with Gasteiger partial charge in [-0.2, -0.15) is 0 Å². The molecule has 102 valence electrons. The molecule has 0 aromatic heterocycles. The molecule has 0 saturated heterocycles. The van der Waals surface area contributed by atoms with Gasteiger partial charge in [-0.3, -0.25) is 4.90 Å². The molecule has 0 aromatic carbocycles. The lowest BCUT2D eigenvalue weighted by molar-refractivity contribution is 0.0256. The summed E-state index contributed by atoms with van der Waals surface area (Å²) in [5.74, 6) is 1.51. The molecule has 4 atom stereocenters. The van der Waals surface area contributed by atoms with E-state index < -0.39 is 0 Å². The summed E-state index contributed by atoms with van der Waals surface area (Å²) in [6, 6.07) is 1.15. The van der Waals surface area contributed by atoms with Crippen molar-refractivity contribution in [3.63, 3.8) is 0 Å². The van der Waals surface area contributed by atoms with Crippen LogP contribution in [-0.2, 0) is 4.74 Å². The van der Waals surface area contributed by atoms with E-state index in [1.165, 1.54) is 19.3 Å². The summed E-state index contributed by atoms with van der Waals surface area (Å²) in [6.45, 7) is 9.62. The van der Waals surface area contributed by atoms with Gasteiger partial charge in [0.25, 0.3) is 0 Å². The van der Waals surface area contributed by atoms with Crippen LogP contribution in [0.1, 0.15) is 40.0 Å². The van der Waals surface area contributed by atoms with E-state index in [2.05, 4.69) is 25.7 Å². The minimum absolute atomic E-state index is 0.495. The predicted octanol–water partition coefficient (Wildman–Crippen LogP) is 2.11. The Morgan fingerprint density at radius 3 is 2.65 bits per heavy atom. The zero-order chi connectivity index (χ0) is 12.8. The number of hydrogen-bond donors (Lipinski definition) is 1. The Morgan fingerprint density at radius 1 is 1.41 bits per heavy atom. The summed E-state index contributed by atoms with van der Waals surface area (Å²) in [5.41, 5.74) is 5.95. The third kappa shape index (κ3) is 3.94. The van der Waals surface area contributed by atoms with E-state index in [0.29, 0.717) is 18.0 Å². The van der Waals surface area contributed by atoms with Crippen molar-refractivity contribution < 1.29 is 4.74 Å². The summed E-state index contributed by atoms with van der Waals surface area (Å²) in [7, 11) is 1.79. The lowest BCUT2D eigenvalue weighted by atomic mass is 9.78. The van der Waals surface area contributed by atoms with E-state index in [1.807, 2.05) is 0 Å². The maximum absolute atomic E-state index is 5.95. The van der Waals surface area contributed by atoms with Crippen molar-refractivity contribution in [2.45, 2.75) is 52.1 Å². The second-order valence-electron chi connectivity index (χ2n) is 5.62. The molecule has 0 bridgehead atoms. The highest BCUT2D eigenvalue weighted by Crippen LogP contribution is 2.32. The van der Waals surface area contributed by atoms with E-state index in [4.69, 9.17) is 10.5 Å². The van der Waals surface area contributed by atoms with Crippen molar-refractivity contribution in [3.05, 3.63) is 0 Å². The van der Waals surface area contributed by atoms with Crippen molar-refractivity contribution in [1.29, 1.82) is 0 Å². The van der Waals surface area contributed by atoms with Gasteiger partial charge in [-0.1, -0.05) is 20.3 Å². The smallest absolute Gasteiger partial charge is 0.0615 e. The van der Waals surface area contributed by atoms with Gasteiger partial charge in [0.05, 0.1) is 6.61 Å². The molecule has 1 fully saturated rings. The number of hydrogen-bond acceptors (Lipinski definition) is 3. The Balaban J connectivity index is 2.68. The fourth-order valence-electron chi connectivity index (χ4n) is 3.30. The van der Waals surface area contributed by atoms with Crippen LogP contribution in [0.25, 0.3) is 0 Å². The number of ether oxygens (including phenoxy) is 1. The van der Waals surface area contributed by atoms with Gasteiger partial charge < -0.3 is 10.5 Å². The number of nitrogens with zero attached hydrogens (tertiary/aromatic N) is 1. The van der Waals surface area contributed by atoms with Crippen LogP contribution >= 0.6 is 0 Å². The third-order valence-corrected chi connectivity index (χ3v) is 4.29. The number of rotatable bonds is 6. The molecule has 1 rings (SSSR count). The molecule has 1 aliphatic rings. The standard InChI is InChI=1S/C14H30N2O/c1-5-16(12(3)10-17-4)14-8-11(2)6-7-13(14)9-15/h11-14H,5-10,15H2,1-4H3. The molecule has 3 nitrogen and oxygen atoms in total. The van der Waals surface area contributed by atoms with Crippen LogP contribution in [0.4, 0.5) is 0 Å². The maximum Gasteiger partial charge on any atom is 0.0615 e. The normalized spacial score (nSPS) is 31.8. The van der Waals surface area contributed by atoms with E-state index in [9.17, 15) is 0 Å². The Kier molecular flexibility index (Phi) is 6.45. The SMILES string of the molecule is CCN(C(C)COC)C1CC(C)CCC1CN. The average Bonchev–Trinajstić information content (AvgIpc) is 2.31. The topological polar surface area (TPSA) is 38.5 Å². The molecule has 0 aromatic rings. The lowest BCUT2D eigenvalue weighted by Crippen LogP contribution is -2.51. The molecular weight excluding hydrogens is 212 g/mol. The van der Waals surface area contributed by atoms with Gasteiger partial charge in [0.15, 0.2) is 0 Å². The van der Waals surface area contributed by atoms with E-state index in [1.54, 1.807) is 7.11 Å². The summed E-state index contributed by atoms with van der Waals surface area (Å²) < 4.78 is 5.30. The molecule has 1 aliphatic carbocycles. The molecule has 17 heavy (non-hydrogen) atoms. The molecule has 0 heterocycles. The van der Waals surface area contributed by atoms with Gasteiger partial charge in [-0.05, 0) is 44.7 Å². The Morgan fingerprint density at radius 2 is 2.12 bits per heavy atom. The highest BCUT2D eigenvalue weighted by Gasteiger charge is 2.33. The van der Waals surface area contributed by atoms with Gasteiger partial charge in [0.1, 0.15) is 0 Å². The van der Waals surface area contributed by atoms with Crippen LogP contribution in [0.3, 0.4) is 0 Å². The largest absolute Gasteiger partial charge is 0.383 e. The Labute approximate surface area is 107 Å². The summed E-state index contributed by atoms with van der Waals surface area (Å²) in [6.07, 6.45) is 3.93. The third-order valence-electron chi connectivity index (χ3n) is 4.29. The molecule has 0 spiro atoms. The molecule has 2 N–H and O–H groups in total. The number of methoxy groups -OCH3 is 1. The van der Waals surface area contributed by atoms with Gasteiger partial charge in [-0.15, -0.1) is 0 Å². The summed E-state index contributed by atoms with van der Waals surface area (Å²) in [4.78, 5) is 2.59. The highest BCUT2D eigenvalue weighted by atomic mass is 16.5. The Bertz CT molecular complexity index is 210. The molecule has 1 saturated carbocycles. The van der Waals surface area contributed by atoms with E-state index in [-0.39, 0.29) is 0 Å².